The molecule has 1 aromatic heterocycles. The van der Waals surface area contributed by atoms with E-state index in [0.717, 1.165) is 16.7 Å². The molecule has 2 aromatic rings. The van der Waals surface area contributed by atoms with Crippen LogP contribution in [-0.4, -0.2) is 10.9 Å². The van der Waals surface area contributed by atoms with Gasteiger partial charge in [0.2, 0.25) is 5.91 Å². The lowest BCUT2D eigenvalue weighted by Gasteiger charge is -2.30. The van der Waals surface area contributed by atoms with Crippen LogP contribution in [0.3, 0.4) is 0 Å². The van der Waals surface area contributed by atoms with Crippen LogP contribution >= 0.6 is 0 Å². The summed E-state index contributed by atoms with van der Waals surface area (Å²) in [6.07, 6.45) is 3.48. The second kappa shape index (κ2) is 4.23. The van der Waals surface area contributed by atoms with Crippen LogP contribution in [0.1, 0.15) is 28.8 Å². The first-order chi connectivity index (χ1) is 8.77. The molecule has 1 amide bonds. The van der Waals surface area contributed by atoms with E-state index < -0.39 is 6.04 Å². The lowest BCUT2D eigenvalue weighted by atomic mass is 9.88. The second-order valence-corrected chi connectivity index (χ2v) is 4.33. The molecule has 4 nitrogen and oxygen atoms in total. The molecule has 3 N–H and O–H groups in total. The molecule has 1 aliphatic rings. The van der Waals surface area contributed by atoms with Crippen LogP contribution in [-0.2, 0) is 4.79 Å². The van der Waals surface area contributed by atoms with Gasteiger partial charge in [0.15, 0.2) is 0 Å². The van der Waals surface area contributed by atoms with Crippen LogP contribution in [0.15, 0.2) is 48.8 Å². The van der Waals surface area contributed by atoms with Crippen molar-refractivity contribution in [3.05, 3.63) is 65.5 Å². The van der Waals surface area contributed by atoms with Crippen LogP contribution in [0.2, 0.25) is 0 Å². The van der Waals surface area contributed by atoms with E-state index in [0.29, 0.717) is 0 Å². The van der Waals surface area contributed by atoms with E-state index in [9.17, 15) is 4.79 Å². The molecule has 3 rings (SSSR count). The van der Waals surface area contributed by atoms with E-state index >= 15 is 0 Å². The van der Waals surface area contributed by atoms with Crippen LogP contribution in [0.4, 0.5) is 0 Å². The largest absolute Gasteiger partial charge is 0.343 e. The Kier molecular flexibility index (Phi) is 2.57. The van der Waals surface area contributed by atoms with Gasteiger partial charge in [-0.15, -0.1) is 0 Å². The summed E-state index contributed by atoms with van der Waals surface area (Å²) in [6, 6.07) is 10.8. The molecule has 90 valence electrons. The Labute approximate surface area is 105 Å². The quantitative estimate of drug-likeness (QED) is 0.788. The average Bonchev–Trinajstić information content (AvgIpc) is 2.44. The van der Waals surface area contributed by atoms with Gasteiger partial charge in [-0.2, -0.15) is 0 Å². The smallest absolute Gasteiger partial charge is 0.242 e. The molecular weight excluding hydrogens is 226 g/mol. The summed E-state index contributed by atoms with van der Waals surface area (Å²) in [5.74, 6) is -0.150. The standard InChI is InChI=1S/C14H13N3O/c15-12-10-5-1-2-6-11(10)13(17-14(12)18)9-4-3-7-16-8-9/h1-8,12-13H,15H2,(H,17,18). The highest BCUT2D eigenvalue weighted by Crippen LogP contribution is 2.31. The molecule has 1 aliphatic heterocycles. The molecule has 0 spiro atoms. The number of pyridine rings is 1. The van der Waals surface area contributed by atoms with Crippen molar-refractivity contribution in [2.45, 2.75) is 12.1 Å². The Hall–Kier alpha value is -2.20. The van der Waals surface area contributed by atoms with Crippen LogP contribution in [0.25, 0.3) is 0 Å². The third-order valence-electron chi connectivity index (χ3n) is 3.23. The zero-order chi connectivity index (χ0) is 12.5. The monoisotopic (exact) mass is 239 g/mol. The maximum atomic E-state index is 11.9. The molecule has 0 bridgehead atoms. The lowest BCUT2D eigenvalue weighted by molar-refractivity contribution is -0.123. The molecule has 0 fully saturated rings. The van der Waals surface area contributed by atoms with Gasteiger partial charge < -0.3 is 11.1 Å². The van der Waals surface area contributed by atoms with Gasteiger partial charge in [-0.05, 0) is 22.8 Å². The van der Waals surface area contributed by atoms with Crippen molar-refractivity contribution in [2.24, 2.45) is 5.73 Å². The van der Waals surface area contributed by atoms with E-state index in [1.165, 1.54) is 0 Å². The zero-order valence-electron chi connectivity index (χ0n) is 9.71. The molecule has 0 saturated carbocycles. The number of rotatable bonds is 1. The van der Waals surface area contributed by atoms with E-state index in [4.69, 9.17) is 5.73 Å². The van der Waals surface area contributed by atoms with Gasteiger partial charge in [0.25, 0.3) is 0 Å². The number of fused-ring (bicyclic) bond motifs is 1. The summed E-state index contributed by atoms with van der Waals surface area (Å²) in [5, 5.41) is 2.93. The molecule has 0 saturated heterocycles. The number of benzene rings is 1. The zero-order valence-corrected chi connectivity index (χ0v) is 9.71. The minimum Gasteiger partial charge on any atom is -0.343 e. The fraction of sp³-hybridized carbons (Fsp3) is 0.143. The van der Waals surface area contributed by atoms with Gasteiger partial charge in [-0.25, -0.2) is 0 Å². The van der Waals surface area contributed by atoms with Crippen molar-refractivity contribution in [3.63, 3.8) is 0 Å². The lowest BCUT2D eigenvalue weighted by Crippen LogP contribution is -2.42. The van der Waals surface area contributed by atoms with Gasteiger partial charge in [-0.1, -0.05) is 30.3 Å². The number of carbonyl (C=O) groups is 1. The number of hydrogen-bond acceptors (Lipinski definition) is 3. The molecule has 1 aromatic carbocycles. The summed E-state index contributed by atoms with van der Waals surface area (Å²) in [4.78, 5) is 16.0. The Morgan fingerprint density at radius 3 is 2.61 bits per heavy atom. The highest BCUT2D eigenvalue weighted by molar-refractivity contribution is 5.86. The Morgan fingerprint density at radius 1 is 1.11 bits per heavy atom. The number of nitrogens with two attached hydrogens (primary N) is 1. The van der Waals surface area contributed by atoms with Crippen LogP contribution < -0.4 is 11.1 Å². The molecule has 2 atom stereocenters. The fourth-order valence-electron chi connectivity index (χ4n) is 2.32. The third kappa shape index (κ3) is 1.67. The molecule has 0 aliphatic carbocycles. The SMILES string of the molecule is NC1C(=O)NC(c2cccnc2)c2ccccc21. The summed E-state index contributed by atoms with van der Waals surface area (Å²) < 4.78 is 0. The second-order valence-electron chi connectivity index (χ2n) is 4.33. The molecule has 0 radical (unpaired) electrons. The highest BCUT2D eigenvalue weighted by Gasteiger charge is 2.31. The number of hydrogen-bond donors (Lipinski definition) is 2. The Bertz CT molecular complexity index is 583. The van der Waals surface area contributed by atoms with Crippen molar-refractivity contribution in [3.8, 4) is 0 Å². The predicted molar refractivity (Wildman–Crippen MR) is 67.6 cm³/mol. The topological polar surface area (TPSA) is 68.0 Å². The van der Waals surface area contributed by atoms with Crippen molar-refractivity contribution >= 4 is 5.91 Å². The maximum Gasteiger partial charge on any atom is 0.242 e. The van der Waals surface area contributed by atoms with E-state index in [-0.39, 0.29) is 11.9 Å². The molecule has 2 heterocycles. The first-order valence-corrected chi connectivity index (χ1v) is 5.82. The number of nitrogens with zero attached hydrogens (tertiary/aromatic N) is 1. The molecule has 4 heteroatoms. The number of carbonyl (C=O) groups excluding carboxylic acids is 1. The summed E-state index contributed by atoms with van der Waals surface area (Å²) in [7, 11) is 0. The van der Waals surface area contributed by atoms with Gasteiger partial charge in [0.1, 0.15) is 6.04 Å². The summed E-state index contributed by atoms with van der Waals surface area (Å²) >= 11 is 0. The van der Waals surface area contributed by atoms with Crippen molar-refractivity contribution in [1.82, 2.24) is 10.3 Å². The minimum atomic E-state index is -0.589. The average molecular weight is 239 g/mol. The first kappa shape index (κ1) is 10.9. The number of nitrogens with one attached hydrogen (secondary N) is 1. The van der Waals surface area contributed by atoms with Crippen LogP contribution in [0.5, 0.6) is 0 Å². The van der Waals surface area contributed by atoms with Crippen molar-refractivity contribution < 1.29 is 4.79 Å². The van der Waals surface area contributed by atoms with Gasteiger partial charge in [0, 0.05) is 12.4 Å². The summed E-state index contributed by atoms with van der Waals surface area (Å²) in [6.45, 7) is 0. The van der Waals surface area contributed by atoms with Gasteiger partial charge in [-0.3, -0.25) is 9.78 Å². The molecule has 18 heavy (non-hydrogen) atoms. The van der Waals surface area contributed by atoms with E-state index in [1.807, 2.05) is 36.4 Å². The van der Waals surface area contributed by atoms with Gasteiger partial charge >= 0.3 is 0 Å². The summed E-state index contributed by atoms with van der Waals surface area (Å²) in [5.41, 5.74) is 8.79. The normalized spacial score (nSPS) is 22.2. The predicted octanol–water partition coefficient (Wildman–Crippen LogP) is 1.30. The molecular formula is C14H13N3O. The van der Waals surface area contributed by atoms with Crippen LogP contribution in [0, 0.1) is 0 Å². The minimum absolute atomic E-state index is 0.150. The van der Waals surface area contributed by atoms with Gasteiger partial charge in [0.05, 0.1) is 6.04 Å². The van der Waals surface area contributed by atoms with E-state index in [2.05, 4.69) is 10.3 Å². The first-order valence-electron chi connectivity index (χ1n) is 5.82. The van der Waals surface area contributed by atoms with Crippen molar-refractivity contribution in [2.75, 3.05) is 0 Å². The highest BCUT2D eigenvalue weighted by atomic mass is 16.2. The van der Waals surface area contributed by atoms with Crippen molar-refractivity contribution in [1.29, 1.82) is 0 Å². The van der Waals surface area contributed by atoms with E-state index in [1.54, 1.807) is 12.4 Å². The number of amides is 1. The Morgan fingerprint density at radius 2 is 1.89 bits per heavy atom. The third-order valence-corrected chi connectivity index (χ3v) is 3.23. The number of aromatic nitrogens is 1. The Balaban J connectivity index is 2.13. The maximum absolute atomic E-state index is 11.9. The molecule has 2 unspecified atom stereocenters. The fourth-order valence-corrected chi connectivity index (χ4v) is 2.32.